The fraction of sp³-hybridized carbons (Fsp3) is 0.222. The first-order chi connectivity index (χ1) is 10.7. The van der Waals surface area contributed by atoms with Crippen molar-refractivity contribution in [2.75, 3.05) is 25.1 Å². The van der Waals surface area contributed by atoms with E-state index < -0.39 is 0 Å². The van der Waals surface area contributed by atoms with Crippen molar-refractivity contribution in [2.45, 2.75) is 6.92 Å². The summed E-state index contributed by atoms with van der Waals surface area (Å²) in [6.07, 6.45) is 0. The van der Waals surface area contributed by atoms with Crippen LogP contribution in [0.5, 0.6) is 0 Å². The lowest BCUT2D eigenvalue weighted by molar-refractivity contribution is 0.303. The molecule has 4 nitrogen and oxygen atoms in total. The molecule has 1 heterocycles. The Kier molecular flexibility index (Phi) is 4.02. The summed E-state index contributed by atoms with van der Waals surface area (Å²) in [6, 6.07) is 16.3. The predicted octanol–water partition coefficient (Wildman–Crippen LogP) is 3.03. The van der Waals surface area contributed by atoms with Crippen molar-refractivity contribution in [3.05, 3.63) is 54.1 Å². The second-order valence-corrected chi connectivity index (χ2v) is 5.40. The predicted molar refractivity (Wildman–Crippen MR) is 90.1 cm³/mol. The highest BCUT2D eigenvalue weighted by atomic mass is 16.3. The Bertz CT molecular complexity index is 787. The van der Waals surface area contributed by atoms with Gasteiger partial charge in [-0.05, 0) is 19.1 Å². The van der Waals surface area contributed by atoms with E-state index in [4.69, 9.17) is 10.1 Å². The van der Waals surface area contributed by atoms with Crippen LogP contribution in [0.15, 0.2) is 48.5 Å². The molecule has 0 unspecified atom stereocenters. The van der Waals surface area contributed by atoms with Gasteiger partial charge in [0.15, 0.2) is 0 Å². The summed E-state index contributed by atoms with van der Waals surface area (Å²) in [7, 11) is 1.89. The van der Waals surface area contributed by atoms with Gasteiger partial charge in [-0.2, -0.15) is 0 Å². The monoisotopic (exact) mass is 293 g/mol. The molecule has 0 atom stereocenters. The smallest absolute Gasteiger partial charge is 0.226 e. The van der Waals surface area contributed by atoms with Crippen LogP contribution in [-0.2, 0) is 0 Å². The molecule has 2 aromatic carbocycles. The lowest BCUT2D eigenvalue weighted by atomic mass is 10.0. The Balaban J connectivity index is 2.24. The van der Waals surface area contributed by atoms with Crippen molar-refractivity contribution in [3.63, 3.8) is 0 Å². The Morgan fingerprint density at radius 2 is 1.82 bits per heavy atom. The molecule has 0 aliphatic carbocycles. The Hall–Kier alpha value is -2.46. The summed E-state index contributed by atoms with van der Waals surface area (Å²) in [6.45, 7) is 2.65. The number of nitrogens with zero attached hydrogens (tertiary/aromatic N) is 3. The zero-order valence-electron chi connectivity index (χ0n) is 12.8. The largest absolute Gasteiger partial charge is 0.395 e. The molecule has 0 radical (unpaired) electrons. The number of likely N-dealkylation sites (N-methyl/N-ethyl adjacent to an activating group) is 1. The molecule has 3 aromatic rings. The maximum Gasteiger partial charge on any atom is 0.226 e. The number of anilines is 1. The molecule has 3 rings (SSSR count). The minimum absolute atomic E-state index is 0.0759. The Morgan fingerprint density at radius 3 is 2.55 bits per heavy atom. The average molecular weight is 293 g/mol. The van der Waals surface area contributed by atoms with Gasteiger partial charge in [0.05, 0.1) is 17.8 Å². The first kappa shape index (κ1) is 14.5. The van der Waals surface area contributed by atoms with Crippen LogP contribution in [0.3, 0.4) is 0 Å². The molecule has 22 heavy (non-hydrogen) atoms. The number of aromatic nitrogens is 2. The quantitative estimate of drug-likeness (QED) is 0.803. The van der Waals surface area contributed by atoms with Gasteiger partial charge in [-0.15, -0.1) is 0 Å². The molecule has 1 N–H and O–H groups in total. The molecule has 0 saturated heterocycles. The molecule has 0 spiro atoms. The molecule has 0 aliphatic heterocycles. The van der Waals surface area contributed by atoms with E-state index in [1.54, 1.807) is 0 Å². The molecule has 4 heteroatoms. The van der Waals surface area contributed by atoms with E-state index in [1.807, 2.05) is 36.2 Å². The summed E-state index contributed by atoms with van der Waals surface area (Å²) in [5.41, 5.74) is 4.09. The Labute approximate surface area is 130 Å². The SMILES string of the molecule is Cc1ccc2nc(N(C)CCO)nc(-c3ccccc3)c2c1. The van der Waals surface area contributed by atoms with Crippen LogP contribution < -0.4 is 4.90 Å². The van der Waals surface area contributed by atoms with Gasteiger partial charge in [0, 0.05) is 24.5 Å². The lowest BCUT2D eigenvalue weighted by Gasteiger charge is -2.18. The molecular formula is C18H19N3O. The summed E-state index contributed by atoms with van der Waals surface area (Å²) in [4.78, 5) is 11.2. The molecule has 0 aliphatic rings. The van der Waals surface area contributed by atoms with Crippen LogP contribution >= 0.6 is 0 Å². The topological polar surface area (TPSA) is 49.2 Å². The maximum absolute atomic E-state index is 9.14. The number of hydrogen-bond donors (Lipinski definition) is 1. The van der Waals surface area contributed by atoms with Crippen molar-refractivity contribution in [1.29, 1.82) is 0 Å². The lowest BCUT2D eigenvalue weighted by Crippen LogP contribution is -2.23. The van der Waals surface area contributed by atoms with Gasteiger partial charge in [-0.3, -0.25) is 0 Å². The standard InChI is InChI=1S/C18H19N3O/c1-13-8-9-16-15(12-13)17(14-6-4-3-5-7-14)20-18(19-16)21(2)10-11-22/h3-9,12,22H,10-11H2,1-2H3. The van der Waals surface area contributed by atoms with E-state index in [0.29, 0.717) is 12.5 Å². The van der Waals surface area contributed by atoms with Crippen LogP contribution in [0.4, 0.5) is 5.95 Å². The number of aryl methyl sites for hydroxylation is 1. The fourth-order valence-electron chi connectivity index (χ4n) is 2.47. The van der Waals surface area contributed by atoms with E-state index in [9.17, 15) is 0 Å². The van der Waals surface area contributed by atoms with E-state index in [-0.39, 0.29) is 6.61 Å². The second-order valence-electron chi connectivity index (χ2n) is 5.40. The average Bonchev–Trinajstić information content (AvgIpc) is 2.55. The minimum Gasteiger partial charge on any atom is -0.395 e. The van der Waals surface area contributed by atoms with Crippen molar-refractivity contribution >= 4 is 16.9 Å². The van der Waals surface area contributed by atoms with Gasteiger partial charge in [-0.25, -0.2) is 9.97 Å². The maximum atomic E-state index is 9.14. The highest BCUT2D eigenvalue weighted by Gasteiger charge is 2.12. The Morgan fingerprint density at radius 1 is 1.05 bits per heavy atom. The minimum atomic E-state index is 0.0759. The van der Waals surface area contributed by atoms with Gasteiger partial charge >= 0.3 is 0 Å². The summed E-state index contributed by atoms with van der Waals surface area (Å²) < 4.78 is 0. The van der Waals surface area contributed by atoms with Crippen LogP contribution in [-0.4, -0.2) is 35.3 Å². The number of rotatable bonds is 4. The van der Waals surface area contributed by atoms with Crippen molar-refractivity contribution < 1.29 is 5.11 Å². The molecule has 0 bridgehead atoms. The van der Waals surface area contributed by atoms with Crippen molar-refractivity contribution in [1.82, 2.24) is 9.97 Å². The molecule has 0 saturated carbocycles. The van der Waals surface area contributed by atoms with Gasteiger partial charge in [-0.1, -0.05) is 42.0 Å². The van der Waals surface area contributed by atoms with E-state index in [1.165, 1.54) is 5.56 Å². The molecular weight excluding hydrogens is 274 g/mol. The third-order valence-corrected chi connectivity index (χ3v) is 3.66. The van der Waals surface area contributed by atoms with Gasteiger partial charge in [0.2, 0.25) is 5.95 Å². The highest BCUT2D eigenvalue weighted by molar-refractivity contribution is 5.93. The highest BCUT2D eigenvalue weighted by Crippen LogP contribution is 2.28. The number of benzene rings is 2. The zero-order chi connectivity index (χ0) is 15.5. The van der Waals surface area contributed by atoms with E-state index in [2.05, 4.69) is 36.2 Å². The fourth-order valence-corrected chi connectivity index (χ4v) is 2.47. The molecule has 1 aromatic heterocycles. The van der Waals surface area contributed by atoms with Crippen LogP contribution in [0.25, 0.3) is 22.2 Å². The van der Waals surface area contributed by atoms with Crippen molar-refractivity contribution in [3.8, 4) is 11.3 Å². The summed E-state index contributed by atoms with van der Waals surface area (Å²) >= 11 is 0. The zero-order valence-corrected chi connectivity index (χ0v) is 12.8. The number of hydrogen-bond acceptors (Lipinski definition) is 4. The number of aliphatic hydroxyl groups excluding tert-OH is 1. The summed E-state index contributed by atoms with van der Waals surface area (Å²) in [5, 5.41) is 10.2. The molecule has 0 fully saturated rings. The number of fused-ring (bicyclic) bond motifs is 1. The van der Waals surface area contributed by atoms with Crippen LogP contribution in [0.1, 0.15) is 5.56 Å². The molecule has 0 amide bonds. The van der Waals surface area contributed by atoms with E-state index >= 15 is 0 Å². The van der Waals surface area contributed by atoms with Crippen molar-refractivity contribution in [2.24, 2.45) is 0 Å². The van der Waals surface area contributed by atoms with Crippen LogP contribution in [0.2, 0.25) is 0 Å². The van der Waals surface area contributed by atoms with Gasteiger partial charge in [0.1, 0.15) is 0 Å². The molecule has 112 valence electrons. The first-order valence-corrected chi connectivity index (χ1v) is 7.35. The third kappa shape index (κ3) is 2.78. The van der Waals surface area contributed by atoms with E-state index in [0.717, 1.165) is 22.2 Å². The normalized spacial score (nSPS) is 10.9. The number of aliphatic hydroxyl groups is 1. The van der Waals surface area contributed by atoms with Gasteiger partial charge < -0.3 is 10.0 Å². The van der Waals surface area contributed by atoms with Crippen LogP contribution in [0, 0.1) is 6.92 Å². The van der Waals surface area contributed by atoms with Gasteiger partial charge in [0.25, 0.3) is 0 Å². The first-order valence-electron chi connectivity index (χ1n) is 7.35. The second kappa shape index (κ2) is 6.12. The summed E-state index contributed by atoms with van der Waals surface area (Å²) in [5.74, 6) is 0.629. The third-order valence-electron chi connectivity index (χ3n) is 3.66.